The number of aliphatic hydroxyl groups is 1. The van der Waals surface area contributed by atoms with Crippen LogP contribution in [-0.4, -0.2) is 35.4 Å². The van der Waals surface area contributed by atoms with Crippen LogP contribution >= 0.6 is 11.8 Å². The highest BCUT2D eigenvalue weighted by Crippen LogP contribution is 2.40. The van der Waals surface area contributed by atoms with Crippen LogP contribution in [0.25, 0.3) is 11.1 Å². The lowest BCUT2D eigenvalue weighted by Gasteiger charge is -2.36. The number of aliphatic hydroxyl groups excluding tert-OH is 1. The molecule has 234 valence electrons. The van der Waals surface area contributed by atoms with Crippen molar-refractivity contribution >= 4 is 29.4 Å². The molecule has 0 aliphatic carbocycles. The number of ether oxygens (including phenoxy) is 2. The molecule has 5 rings (SSSR count). The number of benzene rings is 4. The third-order valence-corrected chi connectivity index (χ3v) is 8.60. The van der Waals surface area contributed by atoms with Gasteiger partial charge in [-0.15, -0.1) is 11.8 Å². The summed E-state index contributed by atoms with van der Waals surface area (Å²) in [6.07, 6.45) is -0.0880. The number of carbonyl (C=O) groups is 2. The van der Waals surface area contributed by atoms with Gasteiger partial charge in [-0.2, -0.15) is 0 Å². The van der Waals surface area contributed by atoms with Gasteiger partial charge < -0.3 is 30.5 Å². The van der Waals surface area contributed by atoms with E-state index in [0.29, 0.717) is 19.5 Å². The lowest BCUT2D eigenvalue weighted by atomic mass is 9.99. The number of hydrogen-bond donors (Lipinski definition) is 4. The van der Waals surface area contributed by atoms with Crippen molar-refractivity contribution in [1.29, 1.82) is 0 Å². The number of amides is 3. The van der Waals surface area contributed by atoms with Gasteiger partial charge in [-0.1, -0.05) is 66.7 Å². The Balaban J connectivity index is 1.29. The van der Waals surface area contributed by atoms with Gasteiger partial charge in [0, 0.05) is 48.3 Å². The summed E-state index contributed by atoms with van der Waals surface area (Å²) in [7, 11) is 0. The fraction of sp³-hybridized carbons (Fsp3) is 0.278. The number of anilines is 1. The predicted octanol–water partition coefficient (Wildman–Crippen LogP) is 6.96. The zero-order valence-corrected chi connectivity index (χ0v) is 26.3. The van der Waals surface area contributed by atoms with Gasteiger partial charge >= 0.3 is 6.03 Å². The molecule has 3 atom stereocenters. The largest absolute Gasteiger partial charge is 0.392 e. The van der Waals surface area contributed by atoms with Gasteiger partial charge in [0.2, 0.25) is 5.91 Å². The zero-order valence-electron chi connectivity index (χ0n) is 25.5. The molecule has 4 N–H and O–H groups in total. The van der Waals surface area contributed by atoms with E-state index in [-0.39, 0.29) is 30.8 Å². The van der Waals surface area contributed by atoms with Crippen molar-refractivity contribution in [2.24, 2.45) is 0 Å². The maximum absolute atomic E-state index is 11.8. The Labute approximate surface area is 268 Å². The van der Waals surface area contributed by atoms with E-state index in [2.05, 4.69) is 40.2 Å². The van der Waals surface area contributed by atoms with Crippen LogP contribution in [0, 0.1) is 0 Å². The molecule has 45 heavy (non-hydrogen) atoms. The molecule has 1 aliphatic heterocycles. The minimum Gasteiger partial charge on any atom is -0.392 e. The maximum atomic E-state index is 11.8. The molecule has 4 aromatic rings. The summed E-state index contributed by atoms with van der Waals surface area (Å²) in [5.41, 5.74) is 6.73. The SMILES string of the molecule is CCNC(=O)NCc1cccc(-c2ccc(C3OC(CSc4ccc(NC(C)=O)cc4)CC(c4ccc(CO)cc4)O3)cc2)c1. The van der Waals surface area contributed by atoms with E-state index >= 15 is 0 Å². The zero-order chi connectivity index (χ0) is 31.6. The smallest absolute Gasteiger partial charge is 0.315 e. The van der Waals surface area contributed by atoms with Crippen LogP contribution in [0.2, 0.25) is 0 Å². The highest BCUT2D eigenvalue weighted by atomic mass is 32.2. The first kappa shape index (κ1) is 32.2. The molecule has 0 bridgehead atoms. The lowest BCUT2D eigenvalue weighted by molar-refractivity contribution is -0.245. The van der Waals surface area contributed by atoms with Crippen molar-refractivity contribution in [3.05, 3.63) is 119 Å². The number of nitrogens with one attached hydrogen (secondary N) is 3. The van der Waals surface area contributed by atoms with Gasteiger partial charge in [0.15, 0.2) is 6.29 Å². The second-order valence-corrected chi connectivity index (χ2v) is 12.0. The number of rotatable bonds is 11. The van der Waals surface area contributed by atoms with Crippen LogP contribution < -0.4 is 16.0 Å². The molecule has 1 saturated heterocycles. The number of thioether (sulfide) groups is 1. The Morgan fingerprint density at radius 1 is 0.844 bits per heavy atom. The Morgan fingerprint density at radius 3 is 2.27 bits per heavy atom. The predicted molar refractivity (Wildman–Crippen MR) is 178 cm³/mol. The summed E-state index contributed by atoms with van der Waals surface area (Å²) < 4.78 is 13.0. The second-order valence-electron chi connectivity index (χ2n) is 10.9. The van der Waals surface area contributed by atoms with Crippen LogP contribution in [-0.2, 0) is 27.4 Å². The minimum absolute atomic E-state index is 0.00249. The fourth-order valence-corrected chi connectivity index (χ4v) is 6.07. The molecule has 1 aliphatic rings. The normalized spacial score (nSPS) is 17.8. The highest BCUT2D eigenvalue weighted by Gasteiger charge is 2.32. The van der Waals surface area contributed by atoms with Crippen molar-refractivity contribution in [3.63, 3.8) is 0 Å². The van der Waals surface area contributed by atoms with Crippen LogP contribution in [0.5, 0.6) is 0 Å². The first-order chi connectivity index (χ1) is 21.9. The molecule has 3 unspecified atom stereocenters. The number of hydrogen-bond acceptors (Lipinski definition) is 6. The van der Waals surface area contributed by atoms with Gasteiger partial charge in [-0.3, -0.25) is 4.79 Å². The first-order valence-electron chi connectivity index (χ1n) is 15.1. The standard InChI is InChI=1S/C36H39N3O5S/c1-3-37-36(42)38-21-26-5-4-6-30(19-26)27-11-13-29(14-12-27)35-43-32(20-34(44-35)28-9-7-25(22-40)8-10-28)23-45-33-17-15-31(16-18-33)39-24(2)41/h4-19,32,34-35,40H,3,20-23H2,1-2H3,(H,39,41)(H2,37,38,42). The van der Waals surface area contributed by atoms with Gasteiger partial charge in [0.1, 0.15) is 0 Å². The molecule has 1 fully saturated rings. The molecular weight excluding hydrogens is 586 g/mol. The summed E-state index contributed by atoms with van der Waals surface area (Å²) in [6.45, 7) is 4.41. The molecule has 4 aromatic carbocycles. The molecule has 0 aromatic heterocycles. The topological polar surface area (TPSA) is 109 Å². The molecular formula is C36H39N3O5S. The van der Waals surface area contributed by atoms with Gasteiger partial charge in [0.25, 0.3) is 0 Å². The van der Waals surface area contributed by atoms with E-state index in [1.807, 2.05) is 79.7 Å². The Morgan fingerprint density at radius 2 is 1.58 bits per heavy atom. The van der Waals surface area contributed by atoms with Crippen molar-refractivity contribution in [1.82, 2.24) is 10.6 Å². The quantitative estimate of drug-likeness (QED) is 0.134. The van der Waals surface area contributed by atoms with Crippen molar-refractivity contribution in [3.8, 4) is 11.1 Å². The van der Waals surface area contributed by atoms with E-state index in [1.165, 1.54) is 6.92 Å². The summed E-state index contributed by atoms with van der Waals surface area (Å²) >= 11 is 1.71. The van der Waals surface area contributed by atoms with E-state index in [9.17, 15) is 14.7 Å². The van der Waals surface area contributed by atoms with Crippen LogP contribution in [0.4, 0.5) is 10.5 Å². The molecule has 1 heterocycles. The van der Waals surface area contributed by atoms with E-state index in [0.717, 1.165) is 49.7 Å². The Bertz CT molecular complexity index is 1560. The van der Waals surface area contributed by atoms with Crippen LogP contribution in [0.15, 0.2) is 102 Å². The van der Waals surface area contributed by atoms with Gasteiger partial charge in [-0.05, 0) is 65.1 Å². The van der Waals surface area contributed by atoms with Crippen LogP contribution in [0.3, 0.4) is 0 Å². The second kappa shape index (κ2) is 15.7. The fourth-order valence-electron chi connectivity index (χ4n) is 5.15. The molecule has 3 amide bonds. The number of urea groups is 1. The summed E-state index contributed by atoms with van der Waals surface area (Å²) in [5.74, 6) is 0.641. The minimum atomic E-state index is -0.546. The molecule has 8 nitrogen and oxygen atoms in total. The summed E-state index contributed by atoms with van der Waals surface area (Å²) in [6, 6.07) is 31.9. The Hall–Kier alpha value is -4.15. The highest BCUT2D eigenvalue weighted by molar-refractivity contribution is 7.99. The molecule has 9 heteroatoms. The first-order valence-corrected chi connectivity index (χ1v) is 16.1. The lowest BCUT2D eigenvalue weighted by Crippen LogP contribution is -2.34. The maximum Gasteiger partial charge on any atom is 0.315 e. The van der Waals surface area contributed by atoms with Crippen LogP contribution in [0.1, 0.15) is 54.9 Å². The monoisotopic (exact) mass is 625 g/mol. The molecule has 0 saturated carbocycles. The van der Waals surface area contributed by atoms with Crippen molar-refractivity contribution in [2.75, 3.05) is 17.6 Å². The van der Waals surface area contributed by atoms with E-state index in [4.69, 9.17) is 9.47 Å². The molecule has 0 radical (unpaired) electrons. The van der Waals surface area contributed by atoms with Gasteiger partial charge in [0.05, 0.1) is 18.8 Å². The van der Waals surface area contributed by atoms with Crippen molar-refractivity contribution in [2.45, 2.75) is 56.8 Å². The molecule has 0 spiro atoms. The van der Waals surface area contributed by atoms with Gasteiger partial charge in [-0.25, -0.2) is 4.79 Å². The summed E-state index contributed by atoms with van der Waals surface area (Å²) in [4.78, 5) is 24.3. The average Bonchev–Trinajstić information content (AvgIpc) is 3.07. The number of carbonyl (C=O) groups excluding carboxylic acids is 2. The summed E-state index contributed by atoms with van der Waals surface area (Å²) in [5, 5.41) is 17.9. The third kappa shape index (κ3) is 9.18. The third-order valence-electron chi connectivity index (χ3n) is 7.46. The Kier molecular flexibility index (Phi) is 11.3. The average molecular weight is 626 g/mol. The van der Waals surface area contributed by atoms with Crippen molar-refractivity contribution < 1.29 is 24.2 Å². The van der Waals surface area contributed by atoms with E-state index < -0.39 is 6.29 Å². The van der Waals surface area contributed by atoms with E-state index in [1.54, 1.807) is 11.8 Å².